The molecular formula is C22H25FN6O3. The van der Waals surface area contributed by atoms with Crippen molar-refractivity contribution in [2.75, 3.05) is 44.6 Å². The molecule has 10 heteroatoms. The number of anilines is 1. The first kappa shape index (κ1) is 21.5. The van der Waals surface area contributed by atoms with Crippen molar-refractivity contribution in [1.29, 1.82) is 0 Å². The molecule has 4 rings (SSSR count). The fraction of sp³-hybridized carbons (Fsp3) is 0.364. The number of hydrogen-bond donors (Lipinski definition) is 1. The Morgan fingerprint density at radius 1 is 1.19 bits per heavy atom. The molecule has 0 aliphatic carbocycles. The number of amides is 2. The van der Waals surface area contributed by atoms with Crippen LogP contribution in [0.15, 0.2) is 42.9 Å². The Labute approximate surface area is 184 Å². The van der Waals surface area contributed by atoms with E-state index in [1.807, 2.05) is 4.40 Å². The van der Waals surface area contributed by atoms with E-state index < -0.39 is 0 Å². The van der Waals surface area contributed by atoms with Gasteiger partial charge in [0.05, 0.1) is 12.8 Å². The van der Waals surface area contributed by atoms with E-state index in [4.69, 9.17) is 4.74 Å². The summed E-state index contributed by atoms with van der Waals surface area (Å²) in [7, 11) is 0. The highest BCUT2D eigenvalue weighted by atomic mass is 19.1. The quantitative estimate of drug-likeness (QED) is 0.634. The summed E-state index contributed by atoms with van der Waals surface area (Å²) in [4.78, 5) is 36.5. The summed E-state index contributed by atoms with van der Waals surface area (Å²) >= 11 is 0. The largest absolute Gasteiger partial charge is 0.450 e. The summed E-state index contributed by atoms with van der Waals surface area (Å²) in [5.74, 6) is 0.331. The van der Waals surface area contributed by atoms with E-state index in [9.17, 15) is 14.0 Å². The first-order valence-electron chi connectivity index (χ1n) is 10.6. The third-order valence-corrected chi connectivity index (χ3v) is 5.32. The first-order valence-corrected chi connectivity index (χ1v) is 10.6. The predicted molar refractivity (Wildman–Crippen MR) is 117 cm³/mol. The number of carbonyl (C=O) groups is 2. The lowest BCUT2D eigenvalue weighted by Gasteiger charge is -2.34. The van der Waals surface area contributed by atoms with Gasteiger partial charge in [0.2, 0.25) is 5.91 Å². The second-order valence-corrected chi connectivity index (χ2v) is 7.37. The van der Waals surface area contributed by atoms with Crippen molar-refractivity contribution in [2.45, 2.75) is 13.3 Å². The molecule has 9 nitrogen and oxygen atoms in total. The third-order valence-electron chi connectivity index (χ3n) is 5.32. The second-order valence-electron chi connectivity index (χ2n) is 7.37. The van der Waals surface area contributed by atoms with Crippen molar-refractivity contribution in [3.05, 3.63) is 48.7 Å². The van der Waals surface area contributed by atoms with Crippen LogP contribution in [0, 0.1) is 5.82 Å². The van der Waals surface area contributed by atoms with Crippen molar-refractivity contribution < 1.29 is 18.7 Å². The van der Waals surface area contributed by atoms with Crippen LogP contribution in [0.5, 0.6) is 0 Å². The number of halogens is 1. The van der Waals surface area contributed by atoms with E-state index in [0.29, 0.717) is 62.1 Å². The van der Waals surface area contributed by atoms with Gasteiger partial charge in [-0.05, 0) is 19.1 Å². The minimum Gasteiger partial charge on any atom is -0.450 e. The Morgan fingerprint density at radius 3 is 2.72 bits per heavy atom. The smallest absolute Gasteiger partial charge is 0.409 e. The van der Waals surface area contributed by atoms with Gasteiger partial charge in [-0.25, -0.2) is 14.2 Å². The van der Waals surface area contributed by atoms with Crippen molar-refractivity contribution in [1.82, 2.24) is 24.2 Å². The number of carbonyl (C=O) groups excluding carboxylic acids is 2. The molecule has 32 heavy (non-hydrogen) atoms. The Hall–Kier alpha value is -3.69. The lowest BCUT2D eigenvalue weighted by Crippen LogP contribution is -2.50. The zero-order chi connectivity index (χ0) is 22.5. The third kappa shape index (κ3) is 4.63. The summed E-state index contributed by atoms with van der Waals surface area (Å²) in [5, 5.41) is 3.29. The Kier molecular flexibility index (Phi) is 6.48. The van der Waals surface area contributed by atoms with E-state index in [2.05, 4.69) is 15.3 Å². The minimum absolute atomic E-state index is 0.00352. The average Bonchev–Trinajstić information content (AvgIpc) is 3.18. The van der Waals surface area contributed by atoms with Gasteiger partial charge in [0.25, 0.3) is 0 Å². The molecule has 0 bridgehead atoms. The van der Waals surface area contributed by atoms with Crippen LogP contribution in [0.2, 0.25) is 0 Å². The number of nitrogens with zero attached hydrogens (tertiary/aromatic N) is 5. The van der Waals surface area contributed by atoms with Gasteiger partial charge in [-0.1, -0.05) is 12.1 Å². The highest BCUT2D eigenvalue weighted by molar-refractivity contribution is 5.79. The molecule has 0 radical (unpaired) electrons. The second kappa shape index (κ2) is 9.63. The Bertz CT molecular complexity index is 1110. The monoisotopic (exact) mass is 440 g/mol. The number of nitrogens with one attached hydrogen (secondary N) is 1. The van der Waals surface area contributed by atoms with Gasteiger partial charge in [0.1, 0.15) is 17.3 Å². The molecule has 1 aliphatic heterocycles. The number of fused-ring (bicyclic) bond motifs is 1. The molecule has 0 atom stereocenters. The number of aromatic nitrogens is 3. The van der Waals surface area contributed by atoms with Gasteiger partial charge in [-0.3, -0.25) is 14.2 Å². The van der Waals surface area contributed by atoms with Crippen LogP contribution in [0.3, 0.4) is 0 Å². The zero-order valence-corrected chi connectivity index (χ0v) is 17.8. The molecule has 1 N–H and O–H groups in total. The average molecular weight is 440 g/mol. The molecule has 0 unspecified atom stereocenters. The molecule has 1 fully saturated rings. The van der Waals surface area contributed by atoms with E-state index in [1.54, 1.807) is 47.4 Å². The molecule has 0 saturated carbocycles. The number of ether oxygens (including phenoxy) is 1. The van der Waals surface area contributed by atoms with Gasteiger partial charge in [0, 0.05) is 57.1 Å². The summed E-state index contributed by atoms with van der Waals surface area (Å²) in [6.07, 6.45) is 4.98. The van der Waals surface area contributed by atoms with Gasteiger partial charge >= 0.3 is 6.09 Å². The van der Waals surface area contributed by atoms with Crippen molar-refractivity contribution in [2.24, 2.45) is 0 Å². The standard InChI is InChI=1S/C22H25FN6O3/c1-2-32-22(31)28-12-10-27(11-13-28)19(30)6-7-25-21-20(16-4-3-5-17(23)14-16)26-18-15-24-8-9-29(18)21/h3-5,8-9,14-15,25H,2,6-7,10-13H2,1H3. The van der Waals surface area contributed by atoms with E-state index in [1.165, 1.54) is 12.1 Å². The van der Waals surface area contributed by atoms with Crippen LogP contribution in [0.25, 0.3) is 16.9 Å². The maximum absolute atomic E-state index is 13.8. The molecule has 3 heterocycles. The number of benzene rings is 1. The SMILES string of the molecule is CCOC(=O)N1CCN(C(=O)CCNc2c(-c3cccc(F)c3)nc3cnccn23)CC1. The fourth-order valence-corrected chi connectivity index (χ4v) is 3.71. The number of rotatable bonds is 6. The van der Waals surface area contributed by atoms with Crippen LogP contribution in [0.1, 0.15) is 13.3 Å². The molecule has 1 saturated heterocycles. The summed E-state index contributed by atoms with van der Waals surface area (Å²) < 4.78 is 20.6. The lowest BCUT2D eigenvalue weighted by molar-refractivity contribution is -0.132. The summed E-state index contributed by atoms with van der Waals surface area (Å²) in [5.41, 5.74) is 1.85. The van der Waals surface area contributed by atoms with Crippen LogP contribution in [-0.4, -0.2) is 75.5 Å². The van der Waals surface area contributed by atoms with Crippen molar-refractivity contribution >= 4 is 23.5 Å². The van der Waals surface area contributed by atoms with E-state index in [0.717, 1.165) is 0 Å². The van der Waals surface area contributed by atoms with Gasteiger partial charge in [-0.2, -0.15) is 0 Å². The van der Waals surface area contributed by atoms with Crippen LogP contribution in [0.4, 0.5) is 15.0 Å². The number of hydrogen-bond acceptors (Lipinski definition) is 6. The number of piperazine rings is 1. The predicted octanol–water partition coefficient (Wildman–Crippen LogP) is 2.64. The minimum atomic E-state index is -0.347. The fourth-order valence-electron chi connectivity index (χ4n) is 3.71. The van der Waals surface area contributed by atoms with Gasteiger partial charge in [-0.15, -0.1) is 0 Å². The molecule has 1 aliphatic rings. The summed E-state index contributed by atoms with van der Waals surface area (Å²) in [6.45, 7) is 4.37. The molecule has 2 amide bonds. The Balaban J connectivity index is 1.40. The molecular weight excluding hydrogens is 415 g/mol. The zero-order valence-electron chi connectivity index (χ0n) is 17.8. The van der Waals surface area contributed by atoms with Gasteiger partial charge in [0.15, 0.2) is 5.65 Å². The highest BCUT2D eigenvalue weighted by Gasteiger charge is 2.24. The first-order chi connectivity index (χ1) is 15.6. The van der Waals surface area contributed by atoms with E-state index in [-0.39, 0.29) is 24.2 Å². The molecule has 0 spiro atoms. The Morgan fingerprint density at radius 2 is 1.97 bits per heavy atom. The van der Waals surface area contributed by atoms with Crippen molar-refractivity contribution in [3.63, 3.8) is 0 Å². The lowest BCUT2D eigenvalue weighted by atomic mass is 10.1. The normalized spacial score (nSPS) is 13.9. The highest BCUT2D eigenvalue weighted by Crippen LogP contribution is 2.28. The maximum atomic E-state index is 13.8. The van der Waals surface area contributed by atoms with E-state index >= 15 is 0 Å². The van der Waals surface area contributed by atoms with Crippen LogP contribution in [-0.2, 0) is 9.53 Å². The summed E-state index contributed by atoms with van der Waals surface area (Å²) in [6, 6.07) is 6.23. The maximum Gasteiger partial charge on any atom is 0.409 e. The molecule has 1 aromatic carbocycles. The van der Waals surface area contributed by atoms with Gasteiger partial charge < -0.3 is 19.9 Å². The molecule has 2 aromatic heterocycles. The number of imidazole rings is 1. The molecule has 3 aromatic rings. The topological polar surface area (TPSA) is 92.1 Å². The molecule has 168 valence electrons. The van der Waals surface area contributed by atoms with Crippen LogP contribution < -0.4 is 5.32 Å². The van der Waals surface area contributed by atoms with Crippen LogP contribution >= 0.6 is 0 Å². The van der Waals surface area contributed by atoms with Crippen molar-refractivity contribution in [3.8, 4) is 11.3 Å².